The lowest BCUT2D eigenvalue weighted by Gasteiger charge is -2.09. The van der Waals surface area contributed by atoms with Crippen molar-refractivity contribution < 1.29 is 9.59 Å². The largest absolute Gasteiger partial charge is 0.345 e. The maximum atomic E-state index is 12.2. The lowest BCUT2D eigenvalue weighted by molar-refractivity contribution is 0.0842. The fourth-order valence-electron chi connectivity index (χ4n) is 2.64. The van der Waals surface area contributed by atoms with Crippen LogP contribution >= 0.6 is 15.9 Å². The third kappa shape index (κ3) is 3.70. The quantitative estimate of drug-likeness (QED) is 0.645. The van der Waals surface area contributed by atoms with Crippen molar-refractivity contribution in [1.82, 2.24) is 25.2 Å². The molecule has 26 heavy (non-hydrogen) atoms. The average molecular weight is 416 g/mol. The molecule has 0 aliphatic carbocycles. The van der Waals surface area contributed by atoms with Gasteiger partial charge in [-0.25, -0.2) is 4.68 Å². The Hall–Kier alpha value is -2.87. The number of hydrazine groups is 1. The molecule has 2 heterocycles. The number of rotatable bonds is 3. The summed E-state index contributed by atoms with van der Waals surface area (Å²) in [6, 6.07) is 10.6. The Balaban J connectivity index is 1.66. The number of carbonyl (C=O) groups is 2. The summed E-state index contributed by atoms with van der Waals surface area (Å²) in [5.41, 5.74) is 8.50. The van der Waals surface area contributed by atoms with E-state index < -0.39 is 11.8 Å². The highest BCUT2D eigenvalue weighted by Crippen LogP contribution is 2.14. The van der Waals surface area contributed by atoms with E-state index in [1.54, 1.807) is 36.0 Å². The molecular weight excluding hydrogens is 398 g/mol. The predicted molar refractivity (Wildman–Crippen MR) is 101 cm³/mol. The first kappa shape index (κ1) is 17.9. The van der Waals surface area contributed by atoms with Crippen LogP contribution in [0.4, 0.5) is 0 Å². The molecule has 0 bridgehead atoms. The first-order valence-electron chi connectivity index (χ1n) is 7.91. The van der Waals surface area contributed by atoms with E-state index in [4.69, 9.17) is 0 Å². The standard InChI is InChI=1S/C18H18BrN5O2/c1-11-8-12(2)24(22-11)15-6-4-13(5-7-15)17(25)20-21-18(26)16-9-14(19)10-23(16)3/h4-10H,1-3H3,(H,20,25)(H,21,26). The van der Waals surface area contributed by atoms with Gasteiger partial charge in [0.15, 0.2) is 0 Å². The molecule has 0 radical (unpaired) electrons. The summed E-state index contributed by atoms with van der Waals surface area (Å²) in [6.45, 7) is 3.90. The summed E-state index contributed by atoms with van der Waals surface area (Å²) in [6.07, 6.45) is 1.76. The predicted octanol–water partition coefficient (Wildman–Crippen LogP) is 2.66. The van der Waals surface area contributed by atoms with Gasteiger partial charge in [0, 0.05) is 29.0 Å². The molecule has 8 heteroatoms. The molecule has 0 saturated carbocycles. The second-order valence-corrected chi connectivity index (χ2v) is 6.86. The summed E-state index contributed by atoms with van der Waals surface area (Å²) in [5.74, 6) is -0.794. The van der Waals surface area contributed by atoms with Gasteiger partial charge in [-0.1, -0.05) is 0 Å². The zero-order valence-corrected chi connectivity index (χ0v) is 16.2. The van der Waals surface area contributed by atoms with Gasteiger partial charge in [0.2, 0.25) is 0 Å². The summed E-state index contributed by atoms with van der Waals surface area (Å²) < 4.78 is 4.26. The second kappa shape index (κ2) is 7.17. The minimum Gasteiger partial charge on any atom is -0.345 e. The third-order valence-electron chi connectivity index (χ3n) is 3.88. The highest BCUT2D eigenvalue weighted by Gasteiger charge is 2.13. The van der Waals surface area contributed by atoms with Gasteiger partial charge in [0.05, 0.1) is 11.4 Å². The third-order valence-corrected chi connectivity index (χ3v) is 4.31. The number of carbonyl (C=O) groups excluding carboxylic acids is 2. The van der Waals surface area contributed by atoms with E-state index in [1.165, 1.54) is 0 Å². The monoisotopic (exact) mass is 415 g/mol. The van der Waals surface area contributed by atoms with Gasteiger partial charge in [0.1, 0.15) is 5.69 Å². The average Bonchev–Trinajstić information content (AvgIpc) is 3.13. The topological polar surface area (TPSA) is 81.0 Å². The molecule has 2 aromatic heterocycles. The Labute approximate surface area is 159 Å². The zero-order valence-electron chi connectivity index (χ0n) is 14.6. The van der Waals surface area contributed by atoms with Gasteiger partial charge in [-0.15, -0.1) is 0 Å². The number of nitrogens with zero attached hydrogens (tertiary/aromatic N) is 3. The van der Waals surface area contributed by atoms with E-state index in [0.717, 1.165) is 21.5 Å². The highest BCUT2D eigenvalue weighted by atomic mass is 79.9. The SMILES string of the molecule is Cc1cc(C)n(-c2ccc(C(=O)NNC(=O)c3cc(Br)cn3C)cc2)n1. The van der Waals surface area contributed by atoms with Crippen molar-refractivity contribution >= 4 is 27.7 Å². The Morgan fingerprint density at radius 2 is 1.69 bits per heavy atom. The van der Waals surface area contributed by atoms with Gasteiger partial charge in [-0.2, -0.15) is 5.10 Å². The number of amides is 2. The van der Waals surface area contributed by atoms with Crippen LogP contribution in [0.3, 0.4) is 0 Å². The molecule has 2 N–H and O–H groups in total. The van der Waals surface area contributed by atoms with Crippen molar-refractivity contribution in [2.75, 3.05) is 0 Å². The molecular formula is C18H18BrN5O2. The van der Waals surface area contributed by atoms with Crippen LogP contribution in [0.15, 0.2) is 47.1 Å². The van der Waals surface area contributed by atoms with Crippen LogP contribution in [0.1, 0.15) is 32.2 Å². The maximum Gasteiger partial charge on any atom is 0.286 e. The highest BCUT2D eigenvalue weighted by molar-refractivity contribution is 9.10. The van der Waals surface area contributed by atoms with E-state index in [2.05, 4.69) is 31.9 Å². The van der Waals surface area contributed by atoms with Crippen molar-refractivity contribution in [3.05, 3.63) is 69.7 Å². The Morgan fingerprint density at radius 1 is 1.04 bits per heavy atom. The van der Waals surface area contributed by atoms with E-state index in [9.17, 15) is 9.59 Å². The molecule has 0 aliphatic rings. The molecule has 1 aromatic carbocycles. The first-order chi connectivity index (χ1) is 12.3. The Bertz CT molecular complexity index is 972. The number of nitrogens with one attached hydrogen (secondary N) is 2. The molecule has 0 unspecified atom stereocenters. The summed E-state index contributed by atoms with van der Waals surface area (Å²) in [7, 11) is 1.75. The van der Waals surface area contributed by atoms with E-state index >= 15 is 0 Å². The van der Waals surface area contributed by atoms with Gasteiger partial charge in [-0.3, -0.25) is 20.4 Å². The zero-order chi connectivity index (χ0) is 18.8. The van der Waals surface area contributed by atoms with E-state index in [0.29, 0.717) is 11.3 Å². The Kier molecular flexibility index (Phi) is 4.94. The van der Waals surface area contributed by atoms with Crippen LogP contribution in [-0.2, 0) is 7.05 Å². The number of aryl methyl sites for hydroxylation is 3. The molecule has 0 fully saturated rings. The number of hydrogen-bond donors (Lipinski definition) is 2. The molecule has 3 rings (SSSR count). The van der Waals surface area contributed by atoms with Crippen LogP contribution in [0, 0.1) is 13.8 Å². The lowest BCUT2D eigenvalue weighted by atomic mass is 10.2. The molecule has 0 aliphatic heterocycles. The number of benzene rings is 1. The maximum absolute atomic E-state index is 12.2. The number of halogens is 1. The molecule has 3 aromatic rings. The van der Waals surface area contributed by atoms with Gasteiger partial charge in [0.25, 0.3) is 11.8 Å². The van der Waals surface area contributed by atoms with Crippen molar-refractivity contribution in [3.63, 3.8) is 0 Å². The van der Waals surface area contributed by atoms with Crippen molar-refractivity contribution in [2.24, 2.45) is 7.05 Å². The van der Waals surface area contributed by atoms with Crippen LogP contribution < -0.4 is 10.9 Å². The fourth-order valence-corrected chi connectivity index (χ4v) is 3.17. The molecule has 134 valence electrons. The van der Waals surface area contributed by atoms with Crippen LogP contribution in [0.25, 0.3) is 5.69 Å². The summed E-state index contributed by atoms with van der Waals surface area (Å²) in [4.78, 5) is 24.3. The van der Waals surface area contributed by atoms with E-state index in [1.807, 2.05) is 36.7 Å². The van der Waals surface area contributed by atoms with Gasteiger partial charge >= 0.3 is 0 Å². The van der Waals surface area contributed by atoms with Gasteiger partial charge < -0.3 is 4.57 Å². The minimum absolute atomic E-state index is 0.397. The smallest absolute Gasteiger partial charge is 0.286 e. The normalized spacial score (nSPS) is 10.6. The lowest BCUT2D eigenvalue weighted by Crippen LogP contribution is -2.42. The second-order valence-electron chi connectivity index (χ2n) is 5.95. The molecule has 2 amide bonds. The summed E-state index contributed by atoms with van der Waals surface area (Å²) in [5, 5.41) is 4.41. The fraction of sp³-hybridized carbons (Fsp3) is 0.167. The summed E-state index contributed by atoms with van der Waals surface area (Å²) >= 11 is 3.31. The molecule has 7 nitrogen and oxygen atoms in total. The van der Waals surface area contributed by atoms with Crippen molar-refractivity contribution in [3.8, 4) is 5.69 Å². The van der Waals surface area contributed by atoms with Gasteiger partial charge in [-0.05, 0) is 66.2 Å². The Morgan fingerprint density at radius 3 is 2.23 bits per heavy atom. The minimum atomic E-state index is -0.397. The van der Waals surface area contributed by atoms with Crippen LogP contribution in [-0.4, -0.2) is 26.2 Å². The molecule has 0 saturated heterocycles. The van der Waals surface area contributed by atoms with Crippen molar-refractivity contribution in [1.29, 1.82) is 0 Å². The number of hydrogen-bond acceptors (Lipinski definition) is 3. The van der Waals surface area contributed by atoms with Crippen LogP contribution in [0.2, 0.25) is 0 Å². The molecule has 0 atom stereocenters. The van der Waals surface area contributed by atoms with Crippen molar-refractivity contribution in [2.45, 2.75) is 13.8 Å². The molecule has 0 spiro atoms. The number of aromatic nitrogens is 3. The van der Waals surface area contributed by atoms with E-state index in [-0.39, 0.29) is 0 Å². The first-order valence-corrected chi connectivity index (χ1v) is 8.70. The van der Waals surface area contributed by atoms with Crippen LogP contribution in [0.5, 0.6) is 0 Å².